The van der Waals surface area contributed by atoms with E-state index in [2.05, 4.69) is 201 Å². The van der Waals surface area contributed by atoms with Crippen LogP contribution in [0.5, 0.6) is 0 Å². The van der Waals surface area contributed by atoms with Gasteiger partial charge in [-0.15, -0.1) is 11.3 Å². The van der Waals surface area contributed by atoms with E-state index in [9.17, 15) is 0 Å². The van der Waals surface area contributed by atoms with Gasteiger partial charge >= 0.3 is 0 Å². The van der Waals surface area contributed by atoms with Crippen molar-refractivity contribution in [1.29, 1.82) is 0 Å². The Bertz CT molecular complexity index is 3430. The van der Waals surface area contributed by atoms with E-state index in [4.69, 9.17) is 4.42 Å². The highest BCUT2D eigenvalue weighted by atomic mass is 32.1. The number of thiophene rings is 1. The highest BCUT2D eigenvalue weighted by Crippen LogP contribution is 2.47. The first-order valence-corrected chi connectivity index (χ1v) is 21.1. The van der Waals surface area contributed by atoms with Gasteiger partial charge in [-0.25, -0.2) is 0 Å². The summed E-state index contributed by atoms with van der Waals surface area (Å²) in [6.45, 7) is 2.28. The number of aryl methyl sites for hydroxylation is 1. The Balaban J connectivity index is 1.10. The Morgan fingerprint density at radius 2 is 0.847 bits per heavy atom. The second-order valence-corrected chi connectivity index (χ2v) is 16.7. The van der Waals surface area contributed by atoms with Gasteiger partial charge in [0.1, 0.15) is 11.2 Å². The molecule has 59 heavy (non-hydrogen) atoms. The molecule has 0 unspecified atom stereocenters. The molecule has 12 aromatic rings. The molecule has 0 fully saturated rings. The summed E-state index contributed by atoms with van der Waals surface area (Å²) < 4.78 is 8.91. The Labute approximate surface area is 346 Å². The molecular formula is C57H36OS. The molecule has 0 aliphatic heterocycles. The van der Waals surface area contributed by atoms with Gasteiger partial charge in [0, 0.05) is 30.9 Å². The minimum Gasteiger partial charge on any atom is -0.456 e. The van der Waals surface area contributed by atoms with Crippen molar-refractivity contribution in [3.05, 3.63) is 206 Å². The maximum Gasteiger partial charge on any atom is 0.135 e. The first kappa shape index (κ1) is 33.8. The minimum absolute atomic E-state index is 0.903. The largest absolute Gasteiger partial charge is 0.456 e. The van der Waals surface area contributed by atoms with Gasteiger partial charge < -0.3 is 4.42 Å². The van der Waals surface area contributed by atoms with Crippen LogP contribution >= 0.6 is 11.3 Å². The number of para-hydroxylation sites is 1. The molecule has 0 spiro atoms. The van der Waals surface area contributed by atoms with E-state index in [1.165, 1.54) is 97.4 Å². The fraction of sp³-hybridized carbons (Fsp3) is 0.0175. The fourth-order valence-corrected chi connectivity index (χ4v) is 10.7. The summed E-state index contributed by atoms with van der Waals surface area (Å²) in [4.78, 5) is 0. The van der Waals surface area contributed by atoms with Crippen LogP contribution in [0.1, 0.15) is 5.56 Å². The Morgan fingerprint density at radius 1 is 0.305 bits per heavy atom. The van der Waals surface area contributed by atoms with Crippen molar-refractivity contribution in [2.24, 2.45) is 0 Å². The predicted octanol–water partition coefficient (Wildman–Crippen LogP) is 16.9. The number of benzene rings is 10. The Morgan fingerprint density at radius 3 is 1.56 bits per heavy atom. The van der Waals surface area contributed by atoms with Crippen molar-refractivity contribution in [2.75, 3.05) is 0 Å². The van der Waals surface area contributed by atoms with Gasteiger partial charge in [0.2, 0.25) is 0 Å². The first-order valence-electron chi connectivity index (χ1n) is 20.2. The van der Waals surface area contributed by atoms with Crippen molar-refractivity contribution >= 4 is 75.0 Å². The van der Waals surface area contributed by atoms with Crippen molar-refractivity contribution in [3.8, 4) is 55.6 Å². The third-order valence-corrected chi connectivity index (χ3v) is 13.4. The maximum atomic E-state index is 6.28. The third kappa shape index (κ3) is 5.38. The molecule has 0 atom stereocenters. The van der Waals surface area contributed by atoms with E-state index in [1.807, 2.05) is 17.4 Å². The van der Waals surface area contributed by atoms with E-state index in [0.29, 0.717) is 0 Å². The fourth-order valence-electron chi connectivity index (χ4n) is 9.57. The van der Waals surface area contributed by atoms with Gasteiger partial charge in [-0.05, 0) is 126 Å². The highest BCUT2D eigenvalue weighted by Gasteiger charge is 2.21. The lowest BCUT2D eigenvalue weighted by molar-refractivity contribution is 0.669. The molecule has 0 radical (unpaired) electrons. The van der Waals surface area contributed by atoms with Gasteiger partial charge in [-0.3, -0.25) is 0 Å². The summed E-state index contributed by atoms with van der Waals surface area (Å²) in [6, 6.07) is 73.4. The van der Waals surface area contributed by atoms with E-state index in [0.717, 1.165) is 27.5 Å². The van der Waals surface area contributed by atoms with Crippen LogP contribution in [0.15, 0.2) is 205 Å². The van der Waals surface area contributed by atoms with E-state index >= 15 is 0 Å². The Kier molecular flexibility index (Phi) is 7.69. The second kappa shape index (κ2) is 13.4. The second-order valence-electron chi connectivity index (χ2n) is 15.6. The van der Waals surface area contributed by atoms with Gasteiger partial charge in [0.05, 0.1) is 0 Å². The smallest absolute Gasteiger partial charge is 0.135 e. The van der Waals surface area contributed by atoms with E-state index in [1.54, 1.807) is 0 Å². The number of furan rings is 1. The molecular weight excluding hydrogens is 733 g/mol. The topological polar surface area (TPSA) is 13.1 Å². The number of fused-ring (bicyclic) bond motifs is 8. The predicted molar refractivity (Wildman–Crippen MR) is 254 cm³/mol. The molecule has 2 aromatic heterocycles. The van der Waals surface area contributed by atoms with Crippen LogP contribution in [0.25, 0.3) is 119 Å². The molecule has 1 nitrogen and oxygen atoms in total. The van der Waals surface area contributed by atoms with Gasteiger partial charge in [0.15, 0.2) is 0 Å². The molecule has 0 amide bonds. The zero-order valence-corrected chi connectivity index (χ0v) is 33.2. The Hall–Kier alpha value is -7.26. The van der Waals surface area contributed by atoms with Crippen LogP contribution in [0.3, 0.4) is 0 Å². The third-order valence-electron chi connectivity index (χ3n) is 12.2. The molecule has 2 heteroatoms. The van der Waals surface area contributed by atoms with E-state index < -0.39 is 0 Å². The minimum atomic E-state index is 0.903. The zero-order chi connectivity index (χ0) is 39.0. The van der Waals surface area contributed by atoms with Crippen molar-refractivity contribution in [3.63, 3.8) is 0 Å². The number of hydrogen-bond acceptors (Lipinski definition) is 2. The van der Waals surface area contributed by atoms with Crippen molar-refractivity contribution < 1.29 is 4.42 Å². The van der Waals surface area contributed by atoms with Gasteiger partial charge in [-0.1, -0.05) is 164 Å². The van der Waals surface area contributed by atoms with Crippen molar-refractivity contribution in [1.82, 2.24) is 0 Å². The molecule has 0 saturated carbocycles. The lowest BCUT2D eigenvalue weighted by Crippen LogP contribution is -1.94. The normalized spacial score (nSPS) is 11.8. The standard InChI is InChI=1S/C57H36OS/c1-35-32-39(26-29-40(35)57-47-20-7-5-18-45(47)55(36-14-3-2-4-15-36)46-19-6-8-21-48(46)57)56-41(37-27-30-52-49(33-37)43-16-9-11-24-51(43)58-52)22-13-23-42(56)38-28-31-54-50(34-38)44-17-10-12-25-53(44)59-54/h2-34H,1H3. The van der Waals surface area contributed by atoms with E-state index in [-0.39, 0.29) is 0 Å². The summed E-state index contributed by atoms with van der Waals surface area (Å²) >= 11 is 1.86. The molecule has 10 aromatic carbocycles. The quantitative estimate of drug-likeness (QED) is 0.159. The van der Waals surface area contributed by atoms with Gasteiger partial charge in [-0.2, -0.15) is 0 Å². The number of rotatable bonds is 5. The monoisotopic (exact) mass is 768 g/mol. The SMILES string of the molecule is Cc1cc(-c2c(-c3ccc4oc5ccccc5c4c3)cccc2-c2ccc3sc4ccccc4c3c2)ccc1-c1c2ccccc2c(-c2ccccc2)c2ccccc12. The van der Waals surface area contributed by atoms with Crippen LogP contribution < -0.4 is 0 Å². The van der Waals surface area contributed by atoms with Crippen LogP contribution in [0.4, 0.5) is 0 Å². The maximum absolute atomic E-state index is 6.28. The van der Waals surface area contributed by atoms with Crippen LogP contribution in [0, 0.1) is 6.92 Å². The first-order chi connectivity index (χ1) is 29.2. The average molecular weight is 769 g/mol. The molecule has 0 saturated heterocycles. The average Bonchev–Trinajstić information content (AvgIpc) is 3.86. The number of hydrogen-bond donors (Lipinski definition) is 0. The molecule has 0 bridgehead atoms. The summed E-state index contributed by atoms with van der Waals surface area (Å²) in [6.07, 6.45) is 0. The van der Waals surface area contributed by atoms with Crippen LogP contribution in [0.2, 0.25) is 0 Å². The lowest BCUT2D eigenvalue weighted by Gasteiger charge is -2.20. The highest BCUT2D eigenvalue weighted by molar-refractivity contribution is 7.25. The van der Waals surface area contributed by atoms with Gasteiger partial charge in [0.25, 0.3) is 0 Å². The summed E-state index contributed by atoms with van der Waals surface area (Å²) in [5, 5.41) is 9.93. The molecule has 0 aliphatic carbocycles. The molecule has 0 N–H and O–H groups in total. The zero-order valence-electron chi connectivity index (χ0n) is 32.4. The molecule has 2 heterocycles. The molecule has 12 rings (SSSR count). The molecule has 0 aliphatic rings. The summed E-state index contributed by atoms with van der Waals surface area (Å²) in [5.74, 6) is 0. The lowest BCUT2D eigenvalue weighted by atomic mass is 9.83. The summed E-state index contributed by atoms with van der Waals surface area (Å²) in [5.41, 5.74) is 15.3. The summed E-state index contributed by atoms with van der Waals surface area (Å²) in [7, 11) is 0. The van der Waals surface area contributed by atoms with Crippen LogP contribution in [-0.2, 0) is 0 Å². The van der Waals surface area contributed by atoms with Crippen LogP contribution in [-0.4, -0.2) is 0 Å². The van der Waals surface area contributed by atoms with Crippen molar-refractivity contribution in [2.45, 2.75) is 6.92 Å². The molecule has 276 valence electrons.